The number of rotatable bonds is 1. The van der Waals surface area contributed by atoms with E-state index in [4.69, 9.17) is 11.6 Å². The van der Waals surface area contributed by atoms with E-state index in [2.05, 4.69) is 5.32 Å². The fourth-order valence-electron chi connectivity index (χ4n) is 1.79. The van der Waals surface area contributed by atoms with E-state index in [1.807, 2.05) is 0 Å². The topological polar surface area (TPSA) is 12.0 Å². The van der Waals surface area contributed by atoms with Crippen LogP contribution in [0, 0.1) is 11.6 Å². The number of hydrogen-bond acceptors (Lipinski definition) is 1. The average molecular weight is 244 g/mol. The number of benzene rings is 1. The molecule has 0 unspecified atom stereocenters. The van der Waals surface area contributed by atoms with E-state index in [9.17, 15) is 8.78 Å². The van der Waals surface area contributed by atoms with Gasteiger partial charge in [0.05, 0.1) is 0 Å². The van der Waals surface area contributed by atoms with Crippen molar-refractivity contribution in [3.05, 3.63) is 39.9 Å². The second-order valence-electron chi connectivity index (χ2n) is 3.84. The SMILES string of the molecule is Fc1cc(Cl)cc(F)c1C=C1CCNCC1. The van der Waals surface area contributed by atoms with Crippen molar-refractivity contribution in [3.63, 3.8) is 0 Å². The quantitative estimate of drug-likeness (QED) is 0.797. The molecule has 1 N–H and O–H groups in total. The molecule has 16 heavy (non-hydrogen) atoms. The Bertz CT molecular complexity index is 398. The number of hydrogen-bond donors (Lipinski definition) is 1. The van der Waals surface area contributed by atoms with E-state index in [0.717, 1.165) is 43.6 Å². The Hall–Kier alpha value is -0.930. The summed E-state index contributed by atoms with van der Waals surface area (Å²) in [4.78, 5) is 0. The van der Waals surface area contributed by atoms with Crippen LogP contribution in [0.4, 0.5) is 8.78 Å². The lowest BCUT2D eigenvalue weighted by molar-refractivity contribution is 0.576. The van der Waals surface area contributed by atoms with Crippen molar-refractivity contribution < 1.29 is 8.78 Å². The van der Waals surface area contributed by atoms with E-state index in [1.165, 1.54) is 0 Å². The van der Waals surface area contributed by atoms with E-state index in [-0.39, 0.29) is 10.6 Å². The summed E-state index contributed by atoms with van der Waals surface area (Å²) in [6.45, 7) is 1.73. The Balaban J connectivity index is 2.33. The van der Waals surface area contributed by atoms with E-state index in [1.54, 1.807) is 6.08 Å². The molecule has 1 aromatic rings. The summed E-state index contributed by atoms with van der Waals surface area (Å²) < 4.78 is 27.0. The molecule has 1 fully saturated rings. The van der Waals surface area contributed by atoms with Crippen molar-refractivity contribution in [1.29, 1.82) is 0 Å². The van der Waals surface area contributed by atoms with Gasteiger partial charge >= 0.3 is 0 Å². The molecule has 0 aliphatic carbocycles. The highest BCUT2D eigenvalue weighted by Crippen LogP contribution is 2.23. The fraction of sp³-hybridized carbons (Fsp3) is 0.333. The van der Waals surface area contributed by atoms with Crippen LogP contribution in [-0.2, 0) is 0 Å². The molecule has 86 valence electrons. The van der Waals surface area contributed by atoms with Gasteiger partial charge in [0.25, 0.3) is 0 Å². The van der Waals surface area contributed by atoms with Crippen LogP contribution in [0.5, 0.6) is 0 Å². The molecule has 1 saturated heterocycles. The zero-order chi connectivity index (χ0) is 11.5. The van der Waals surface area contributed by atoms with Crippen LogP contribution in [0.3, 0.4) is 0 Å². The van der Waals surface area contributed by atoms with Gasteiger partial charge in [-0.05, 0) is 44.1 Å². The van der Waals surface area contributed by atoms with Crippen LogP contribution in [0.1, 0.15) is 18.4 Å². The summed E-state index contributed by atoms with van der Waals surface area (Å²) in [5.74, 6) is -1.20. The van der Waals surface area contributed by atoms with Gasteiger partial charge in [0.2, 0.25) is 0 Å². The molecule has 0 bridgehead atoms. The first kappa shape index (κ1) is 11.6. The summed E-state index contributed by atoms with van der Waals surface area (Å²) in [5.41, 5.74) is 1.08. The zero-order valence-electron chi connectivity index (χ0n) is 8.69. The maximum Gasteiger partial charge on any atom is 0.134 e. The van der Waals surface area contributed by atoms with Gasteiger partial charge in [-0.2, -0.15) is 0 Å². The number of halogens is 3. The maximum absolute atomic E-state index is 13.5. The minimum Gasteiger partial charge on any atom is -0.316 e. The van der Waals surface area contributed by atoms with Gasteiger partial charge in [-0.15, -0.1) is 0 Å². The Morgan fingerprint density at radius 3 is 2.25 bits per heavy atom. The smallest absolute Gasteiger partial charge is 0.134 e. The van der Waals surface area contributed by atoms with Gasteiger partial charge < -0.3 is 5.32 Å². The van der Waals surface area contributed by atoms with E-state index in [0.29, 0.717) is 0 Å². The molecule has 0 aromatic heterocycles. The lowest BCUT2D eigenvalue weighted by Crippen LogP contribution is -2.23. The lowest BCUT2D eigenvalue weighted by Gasteiger charge is -2.15. The molecule has 1 aromatic carbocycles. The van der Waals surface area contributed by atoms with Crippen molar-refractivity contribution in [3.8, 4) is 0 Å². The Morgan fingerprint density at radius 1 is 1.12 bits per heavy atom. The van der Waals surface area contributed by atoms with Crippen molar-refractivity contribution in [2.45, 2.75) is 12.8 Å². The summed E-state index contributed by atoms with van der Waals surface area (Å²) in [7, 11) is 0. The van der Waals surface area contributed by atoms with Gasteiger partial charge in [0, 0.05) is 10.6 Å². The number of nitrogens with one attached hydrogen (secondary N) is 1. The second kappa shape index (κ2) is 4.93. The molecule has 1 aliphatic rings. The third kappa shape index (κ3) is 2.60. The maximum atomic E-state index is 13.5. The summed E-state index contributed by atoms with van der Waals surface area (Å²) in [5, 5.41) is 3.28. The van der Waals surface area contributed by atoms with Crippen molar-refractivity contribution >= 4 is 17.7 Å². The van der Waals surface area contributed by atoms with Gasteiger partial charge in [0.1, 0.15) is 11.6 Å². The Morgan fingerprint density at radius 2 is 1.69 bits per heavy atom. The number of piperidine rings is 1. The first-order valence-corrected chi connectivity index (χ1v) is 5.59. The van der Waals surface area contributed by atoms with Crippen molar-refractivity contribution in [2.75, 3.05) is 13.1 Å². The molecule has 1 heterocycles. The molecule has 0 saturated carbocycles. The molecule has 0 atom stereocenters. The molecular formula is C12H12ClF2N. The van der Waals surface area contributed by atoms with Gasteiger partial charge in [-0.3, -0.25) is 0 Å². The molecule has 1 aliphatic heterocycles. The Labute approximate surface area is 98.1 Å². The molecule has 2 rings (SSSR count). The van der Waals surface area contributed by atoms with Crippen LogP contribution in [0.25, 0.3) is 6.08 Å². The highest BCUT2D eigenvalue weighted by Gasteiger charge is 2.11. The van der Waals surface area contributed by atoms with Crippen molar-refractivity contribution in [1.82, 2.24) is 5.32 Å². The molecule has 0 amide bonds. The van der Waals surface area contributed by atoms with Gasteiger partial charge in [-0.25, -0.2) is 8.78 Å². The van der Waals surface area contributed by atoms with Crippen molar-refractivity contribution in [2.24, 2.45) is 0 Å². The predicted molar refractivity (Wildman–Crippen MR) is 61.4 cm³/mol. The third-order valence-corrected chi connectivity index (χ3v) is 2.86. The molecule has 1 nitrogen and oxygen atoms in total. The third-order valence-electron chi connectivity index (χ3n) is 2.64. The zero-order valence-corrected chi connectivity index (χ0v) is 9.45. The standard InChI is InChI=1S/C12H12ClF2N/c13-9-6-11(14)10(12(15)7-9)5-8-1-3-16-4-2-8/h5-7,16H,1-4H2. The van der Waals surface area contributed by atoms with E-state index >= 15 is 0 Å². The lowest BCUT2D eigenvalue weighted by atomic mass is 10.0. The van der Waals surface area contributed by atoms with E-state index < -0.39 is 11.6 Å². The van der Waals surface area contributed by atoms with Crippen LogP contribution in [-0.4, -0.2) is 13.1 Å². The second-order valence-corrected chi connectivity index (χ2v) is 4.27. The highest BCUT2D eigenvalue weighted by atomic mass is 35.5. The normalized spacial score (nSPS) is 16.3. The summed E-state index contributed by atoms with van der Waals surface area (Å²) in [6.07, 6.45) is 3.27. The molecule has 4 heteroatoms. The fourth-order valence-corrected chi connectivity index (χ4v) is 1.98. The highest BCUT2D eigenvalue weighted by molar-refractivity contribution is 6.30. The molecule has 0 radical (unpaired) electrons. The summed E-state index contributed by atoms with van der Waals surface area (Å²) >= 11 is 5.55. The van der Waals surface area contributed by atoms with Gasteiger partial charge in [0.15, 0.2) is 0 Å². The van der Waals surface area contributed by atoms with Crippen LogP contribution >= 0.6 is 11.6 Å². The minimum atomic E-state index is -0.601. The van der Waals surface area contributed by atoms with Crippen LogP contribution < -0.4 is 5.32 Å². The minimum absolute atomic E-state index is 0.0151. The monoisotopic (exact) mass is 243 g/mol. The first-order valence-electron chi connectivity index (χ1n) is 5.21. The largest absolute Gasteiger partial charge is 0.316 e. The molecule has 0 spiro atoms. The van der Waals surface area contributed by atoms with Crippen LogP contribution in [0.2, 0.25) is 5.02 Å². The Kier molecular flexibility index (Phi) is 3.56. The predicted octanol–water partition coefficient (Wildman–Crippen LogP) is 3.39. The first-order chi connectivity index (χ1) is 7.66. The van der Waals surface area contributed by atoms with Gasteiger partial charge in [-0.1, -0.05) is 17.2 Å². The average Bonchev–Trinajstić information content (AvgIpc) is 2.25. The summed E-state index contributed by atoms with van der Waals surface area (Å²) in [6, 6.07) is 2.27. The van der Waals surface area contributed by atoms with Crippen LogP contribution in [0.15, 0.2) is 17.7 Å². The molecular weight excluding hydrogens is 232 g/mol.